The first-order valence-corrected chi connectivity index (χ1v) is 19.6. The van der Waals surface area contributed by atoms with Crippen LogP contribution in [-0.4, -0.2) is 16.2 Å². The summed E-state index contributed by atoms with van der Waals surface area (Å²) in [6.45, 7) is 0. The number of nitrogens with zero attached hydrogens (tertiary/aromatic N) is 3. The molecule has 0 radical (unpaired) electrons. The number of benzene rings is 8. The molecule has 1 unspecified atom stereocenters. The van der Waals surface area contributed by atoms with Crippen molar-refractivity contribution in [2.45, 2.75) is 6.17 Å². The van der Waals surface area contributed by atoms with Gasteiger partial charge in [-0.15, -0.1) is 0 Å². The summed E-state index contributed by atoms with van der Waals surface area (Å²) in [7, 11) is 0. The zero-order valence-electron chi connectivity index (χ0n) is 31.5. The molecule has 5 heteroatoms. The van der Waals surface area contributed by atoms with Crippen molar-refractivity contribution < 1.29 is 4.42 Å². The number of amidine groups is 2. The van der Waals surface area contributed by atoms with E-state index < -0.39 is 0 Å². The molecule has 0 aliphatic carbocycles. The van der Waals surface area contributed by atoms with E-state index in [2.05, 4.69) is 186 Å². The molecule has 0 spiro atoms. The fourth-order valence-corrected chi connectivity index (χ4v) is 8.33. The Morgan fingerprint density at radius 3 is 1.79 bits per heavy atom. The van der Waals surface area contributed by atoms with Gasteiger partial charge in [-0.2, -0.15) is 0 Å². The van der Waals surface area contributed by atoms with Gasteiger partial charge in [0.05, 0.1) is 16.4 Å². The van der Waals surface area contributed by atoms with Crippen molar-refractivity contribution in [3.63, 3.8) is 0 Å². The molecule has 1 aliphatic heterocycles. The lowest BCUT2D eigenvalue weighted by molar-refractivity contribution is 0.636. The van der Waals surface area contributed by atoms with Crippen molar-refractivity contribution in [1.29, 1.82) is 0 Å². The zero-order valence-corrected chi connectivity index (χ0v) is 31.5. The number of nitrogens with one attached hydrogen (secondary N) is 1. The molecule has 1 N–H and O–H groups in total. The summed E-state index contributed by atoms with van der Waals surface area (Å²) in [6.07, 6.45) is -0.325. The summed E-state index contributed by atoms with van der Waals surface area (Å²) in [5.41, 5.74) is 12.7. The lowest BCUT2D eigenvalue weighted by atomic mass is 9.98. The van der Waals surface area contributed by atoms with Crippen LogP contribution in [0, 0.1) is 0 Å². The molecule has 274 valence electrons. The van der Waals surface area contributed by atoms with Crippen LogP contribution < -0.4 is 5.32 Å². The standard InChI is InChI=1S/C53H36N4O/c1-5-16-35(17-6-1)36-28-30-40(31-29-36)52-54-51(39-22-11-4-12-23-39)55-53(56-52)41-24-15-25-42(34-41)57-45-27-14-13-26-43(45)48-46(57)33-32-44-47(37-18-7-2-8-19-37)49(58-50(44)48)38-20-9-3-10-21-38/h1-34,52H,(H,54,55,56). The van der Waals surface area contributed by atoms with Crippen LogP contribution in [0.1, 0.15) is 22.9 Å². The quantitative estimate of drug-likeness (QED) is 0.177. The molecule has 0 amide bonds. The van der Waals surface area contributed by atoms with Gasteiger partial charge in [-0.05, 0) is 52.6 Å². The van der Waals surface area contributed by atoms with E-state index in [-0.39, 0.29) is 6.17 Å². The van der Waals surface area contributed by atoms with Gasteiger partial charge in [-0.1, -0.05) is 176 Å². The molecule has 11 rings (SSSR count). The van der Waals surface area contributed by atoms with Crippen molar-refractivity contribution in [2.75, 3.05) is 0 Å². The predicted octanol–water partition coefficient (Wildman–Crippen LogP) is 13.0. The second-order valence-electron chi connectivity index (χ2n) is 14.6. The topological polar surface area (TPSA) is 54.8 Å². The highest BCUT2D eigenvalue weighted by molar-refractivity contribution is 6.23. The van der Waals surface area contributed by atoms with Crippen molar-refractivity contribution in [3.8, 4) is 39.3 Å². The minimum absolute atomic E-state index is 0.325. The van der Waals surface area contributed by atoms with Crippen LogP contribution in [0.4, 0.5) is 0 Å². The Hall–Kier alpha value is -7.76. The highest BCUT2D eigenvalue weighted by Gasteiger charge is 2.25. The minimum atomic E-state index is -0.325. The van der Waals surface area contributed by atoms with Crippen molar-refractivity contribution >= 4 is 44.4 Å². The van der Waals surface area contributed by atoms with Crippen LogP contribution in [0.15, 0.2) is 221 Å². The van der Waals surface area contributed by atoms with Crippen LogP contribution in [0.2, 0.25) is 0 Å². The van der Waals surface area contributed by atoms with Crippen molar-refractivity contribution in [2.24, 2.45) is 9.98 Å². The molecular weight excluding hydrogens is 709 g/mol. The molecular formula is C53H36N4O. The van der Waals surface area contributed by atoms with E-state index in [9.17, 15) is 0 Å². The summed E-state index contributed by atoms with van der Waals surface area (Å²) in [4.78, 5) is 10.3. The van der Waals surface area contributed by atoms with E-state index in [1.807, 2.05) is 30.3 Å². The van der Waals surface area contributed by atoms with Gasteiger partial charge >= 0.3 is 0 Å². The zero-order chi connectivity index (χ0) is 38.4. The molecule has 3 heterocycles. The summed E-state index contributed by atoms with van der Waals surface area (Å²) in [5.74, 6) is 2.33. The molecule has 1 aliphatic rings. The Balaban J connectivity index is 1.05. The first-order chi connectivity index (χ1) is 28.8. The summed E-state index contributed by atoms with van der Waals surface area (Å²) >= 11 is 0. The Bertz CT molecular complexity index is 3160. The molecule has 1 atom stereocenters. The Kier molecular flexibility index (Phi) is 8.14. The normalized spacial score (nSPS) is 14.0. The molecule has 0 saturated carbocycles. The van der Waals surface area contributed by atoms with Crippen LogP contribution in [0.25, 0.3) is 72.0 Å². The third-order valence-electron chi connectivity index (χ3n) is 11.1. The van der Waals surface area contributed by atoms with Gasteiger partial charge in [0, 0.05) is 38.7 Å². The molecule has 8 aromatic carbocycles. The largest absolute Gasteiger partial charge is 0.455 e. The number of hydrogen-bond donors (Lipinski definition) is 1. The van der Waals surface area contributed by atoms with Crippen molar-refractivity contribution in [1.82, 2.24) is 9.88 Å². The monoisotopic (exact) mass is 744 g/mol. The molecule has 0 fully saturated rings. The van der Waals surface area contributed by atoms with Gasteiger partial charge in [-0.25, -0.2) is 9.98 Å². The highest BCUT2D eigenvalue weighted by atomic mass is 16.3. The fourth-order valence-electron chi connectivity index (χ4n) is 8.33. The molecule has 0 bridgehead atoms. The fraction of sp³-hybridized carbons (Fsp3) is 0.0189. The third kappa shape index (κ3) is 5.80. The maximum Gasteiger partial charge on any atom is 0.159 e. The number of fused-ring (bicyclic) bond motifs is 5. The van der Waals surface area contributed by atoms with Gasteiger partial charge in [-0.3, -0.25) is 0 Å². The van der Waals surface area contributed by atoms with Crippen LogP contribution in [0.3, 0.4) is 0 Å². The lowest BCUT2D eigenvalue weighted by Crippen LogP contribution is -2.33. The van der Waals surface area contributed by atoms with Gasteiger partial charge in [0.1, 0.15) is 23.3 Å². The van der Waals surface area contributed by atoms with E-state index in [1.165, 1.54) is 11.1 Å². The van der Waals surface area contributed by atoms with Crippen LogP contribution in [-0.2, 0) is 0 Å². The van der Waals surface area contributed by atoms with E-state index in [4.69, 9.17) is 14.4 Å². The maximum absolute atomic E-state index is 7.01. The van der Waals surface area contributed by atoms with E-state index in [0.717, 1.165) is 83.4 Å². The maximum atomic E-state index is 7.01. The second-order valence-corrected chi connectivity index (χ2v) is 14.6. The van der Waals surface area contributed by atoms with Crippen LogP contribution in [0.5, 0.6) is 0 Å². The molecule has 2 aromatic heterocycles. The van der Waals surface area contributed by atoms with Crippen molar-refractivity contribution in [3.05, 3.63) is 223 Å². The second kappa shape index (κ2) is 14.1. The van der Waals surface area contributed by atoms with Gasteiger partial charge in [0.15, 0.2) is 5.84 Å². The Morgan fingerprint density at radius 1 is 0.466 bits per heavy atom. The number of hydrogen-bond acceptors (Lipinski definition) is 4. The van der Waals surface area contributed by atoms with Crippen LogP contribution >= 0.6 is 0 Å². The summed E-state index contributed by atoms with van der Waals surface area (Å²) < 4.78 is 9.36. The van der Waals surface area contributed by atoms with E-state index >= 15 is 0 Å². The van der Waals surface area contributed by atoms with Gasteiger partial charge in [0.2, 0.25) is 0 Å². The van der Waals surface area contributed by atoms with E-state index in [0.29, 0.717) is 5.84 Å². The average molecular weight is 745 g/mol. The summed E-state index contributed by atoms with van der Waals surface area (Å²) in [5, 5.41) is 7.00. The van der Waals surface area contributed by atoms with Gasteiger partial charge in [0.25, 0.3) is 0 Å². The smallest absolute Gasteiger partial charge is 0.159 e. The molecule has 58 heavy (non-hydrogen) atoms. The number of aromatic nitrogens is 1. The first-order valence-electron chi connectivity index (χ1n) is 19.6. The SMILES string of the molecule is c1ccc(C2=NC(c3ccc(-c4ccccc4)cc3)NC(c3cccc(-n4c5ccccc5c5c6oc(-c7ccccc7)c(-c7ccccc7)c6ccc54)c3)=N2)cc1. The Labute approximate surface area is 335 Å². The number of aliphatic imine (C=N–C) groups is 2. The number of rotatable bonds is 7. The minimum Gasteiger partial charge on any atom is -0.455 e. The number of para-hydroxylation sites is 1. The predicted molar refractivity (Wildman–Crippen MR) is 239 cm³/mol. The summed E-state index contributed by atoms with van der Waals surface area (Å²) in [6, 6.07) is 72.0. The van der Waals surface area contributed by atoms with Gasteiger partial charge < -0.3 is 14.3 Å². The molecule has 0 saturated heterocycles. The number of furan rings is 1. The average Bonchev–Trinajstić information content (AvgIpc) is 3.87. The lowest BCUT2D eigenvalue weighted by Gasteiger charge is -2.24. The molecule has 5 nitrogen and oxygen atoms in total. The highest BCUT2D eigenvalue weighted by Crippen LogP contribution is 2.46. The Morgan fingerprint density at radius 2 is 1.07 bits per heavy atom. The first kappa shape index (κ1) is 33.6. The third-order valence-corrected chi connectivity index (χ3v) is 11.1. The molecule has 10 aromatic rings. The van der Waals surface area contributed by atoms with E-state index in [1.54, 1.807) is 0 Å².